The van der Waals surface area contributed by atoms with Gasteiger partial charge in [-0.2, -0.15) is 0 Å². The fourth-order valence-electron chi connectivity index (χ4n) is 4.14. The van der Waals surface area contributed by atoms with Gasteiger partial charge < -0.3 is 9.64 Å². The van der Waals surface area contributed by atoms with Gasteiger partial charge in [-0.1, -0.05) is 30.3 Å². The second-order valence-corrected chi connectivity index (χ2v) is 8.03. The first-order valence-electron chi connectivity index (χ1n) is 9.06. The highest BCUT2D eigenvalue weighted by Gasteiger charge is 2.44. The molecule has 2 aliphatic rings. The number of halogens is 1. The van der Waals surface area contributed by atoms with Gasteiger partial charge in [0.15, 0.2) is 0 Å². The van der Waals surface area contributed by atoms with E-state index < -0.39 is 0 Å². The standard InChI is InChI=1S/C21H25BrN2O/c1-15-14-23(20-13-18(20)16-6-4-3-5-7-16)10-11-24(15)17-8-9-19(22)21(12-17)25-2/h3-9,12,15,18,20H,10-11,13-14H2,1-2H3. The Bertz CT molecular complexity index is 736. The highest BCUT2D eigenvalue weighted by molar-refractivity contribution is 9.10. The van der Waals surface area contributed by atoms with E-state index >= 15 is 0 Å². The van der Waals surface area contributed by atoms with E-state index in [1.54, 1.807) is 7.11 Å². The predicted octanol–water partition coefficient (Wildman–Crippen LogP) is 4.52. The average Bonchev–Trinajstić information content (AvgIpc) is 3.44. The lowest BCUT2D eigenvalue weighted by Gasteiger charge is -2.41. The normalized spacial score (nSPS) is 26.5. The molecular formula is C21H25BrN2O. The zero-order valence-corrected chi connectivity index (χ0v) is 16.4. The molecule has 2 fully saturated rings. The van der Waals surface area contributed by atoms with Crippen LogP contribution in [0, 0.1) is 0 Å². The van der Waals surface area contributed by atoms with Crippen LogP contribution in [0.1, 0.15) is 24.8 Å². The van der Waals surface area contributed by atoms with Gasteiger partial charge in [-0.05, 0) is 47.0 Å². The molecule has 1 aliphatic carbocycles. The van der Waals surface area contributed by atoms with Crippen LogP contribution < -0.4 is 9.64 Å². The van der Waals surface area contributed by atoms with E-state index in [0.717, 1.165) is 41.8 Å². The quantitative estimate of drug-likeness (QED) is 0.749. The zero-order chi connectivity index (χ0) is 17.4. The lowest BCUT2D eigenvalue weighted by atomic mass is 10.1. The zero-order valence-electron chi connectivity index (χ0n) is 14.9. The Balaban J connectivity index is 1.41. The van der Waals surface area contributed by atoms with Crippen molar-refractivity contribution in [2.75, 3.05) is 31.6 Å². The third-order valence-corrected chi connectivity index (χ3v) is 6.23. The lowest BCUT2D eigenvalue weighted by Crippen LogP contribution is -2.52. The van der Waals surface area contributed by atoms with E-state index in [0.29, 0.717) is 6.04 Å². The highest BCUT2D eigenvalue weighted by Crippen LogP contribution is 2.45. The summed E-state index contributed by atoms with van der Waals surface area (Å²) in [5, 5.41) is 0. The molecule has 0 spiro atoms. The number of anilines is 1. The lowest BCUT2D eigenvalue weighted by molar-refractivity contribution is 0.216. The number of nitrogens with zero attached hydrogens (tertiary/aromatic N) is 2. The van der Waals surface area contributed by atoms with E-state index in [9.17, 15) is 0 Å². The van der Waals surface area contributed by atoms with Gasteiger partial charge in [0.1, 0.15) is 5.75 Å². The molecular weight excluding hydrogens is 376 g/mol. The highest BCUT2D eigenvalue weighted by atomic mass is 79.9. The van der Waals surface area contributed by atoms with Crippen molar-refractivity contribution in [3.05, 3.63) is 58.6 Å². The summed E-state index contributed by atoms with van der Waals surface area (Å²) in [5.74, 6) is 1.63. The molecule has 2 aromatic carbocycles. The van der Waals surface area contributed by atoms with Crippen molar-refractivity contribution in [1.29, 1.82) is 0 Å². The number of benzene rings is 2. The van der Waals surface area contributed by atoms with E-state index in [-0.39, 0.29) is 0 Å². The Morgan fingerprint density at radius 3 is 2.60 bits per heavy atom. The van der Waals surface area contributed by atoms with Gasteiger partial charge in [0.2, 0.25) is 0 Å². The van der Waals surface area contributed by atoms with Gasteiger partial charge in [-0.3, -0.25) is 4.90 Å². The average molecular weight is 401 g/mol. The van der Waals surface area contributed by atoms with Crippen molar-refractivity contribution in [1.82, 2.24) is 4.90 Å². The van der Waals surface area contributed by atoms with E-state index in [1.807, 2.05) is 0 Å². The number of hydrogen-bond acceptors (Lipinski definition) is 3. The Morgan fingerprint density at radius 1 is 1.08 bits per heavy atom. The Labute approximate surface area is 158 Å². The summed E-state index contributed by atoms with van der Waals surface area (Å²) >= 11 is 3.54. The van der Waals surface area contributed by atoms with Gasteiger partial charge in [0, 0.05) is 49.4 Å². The molecule has 3 atom stereocenters. The minimum atomic E-state index is 0.511. The smallest absolute Gasteiger partial charge is 0.135 e. The summed E-state index contributed by atoms with van der Waals surface area (Å²) < 4.78 is 6.47. The maximum Gasteiger partial charge on any atom is 0.135 e. The first kappa shape index (κ1) is 16.9. The first-order valence-corrected chi connectivity index (χ1v) is 9.86. The van der Waals surface area contributed by atoms with Crippen molar-refractivity contribution < 1.29 is 4.74 Å². The third-order valence-electron chi connectivity index (χ3n) is 5.58. The first-order chi connectivity index (χ1) is 12.2. The minimum Gasteiger partial charge on any atom is -0.495 e. The maximum atomic E-state index is 5.46. The molecule has 1 aliphatic heterocycles. The Hall–Kier alpha value is -1.52. The molecule has 1 saturated heterocycles. The van der Waals surface area contributed by atoms with Crippen LogP contribution in [-0.2, 0) is 0 Å². The fourth-order valence-corrected chi connectivity index (χ4v) is 4.55. The fraction of sp³-hybridized carbons (Fsp3) is 0.429. The van der Waals surface area contributed by atoms with Crippen molar-refractivity contribution in [2.24, 2.45) is 0 Å². The molecule has 4 heteroatoms. The monoisotopic (exact) mass is 400 g/mol. The third kappa shape index (κ3) is 3.42. The van der Waals surface area contributed by atoms with E-state index in [2.05, 4.69) is 81.2 Å². The molecule has 3 unspecified atom stereocenters. The van der Waals surface area contributed by atoms with Gasteiger partial charge >= 0.3 is 0 Å². The molecule has 0 amide bonds. The molecule has 0 aromatic heterocycles. The number of rotatable bonds is 4. The second kappa shape index (κ2) is 7.00. The molecule has 132 valence electrons. The van der Waals surface area contributed by atoms with Crippen LogP contribution in [0.2, 0.25) is 0 Å². The largest absolute Gasteiger partial charge is 0.495 e. The molecule has 25 heavy (non-hydrogen) atoms. The summed E-state index contributed by atoms with van der Waals surface area (Å²) in [6, 6.07) is 18.6. The maximum absolute atomic E-state index is 5.46. The molecule has 3 nitrogen and oxygen atoms in total. The van der Waals surface area contributed by atoms with Crippen LogP contribution in [-0.4, -0.2) is 43.7 Å². The minimum absolute atomic E-state index is 0.511. The molecule has 2 aromatic rings. The summed E-state index contributed by atoms with van der Waals surface area (Å²) in [5.41, 5.74) is 2.75. The summed E-state index contributed by atoms with van der Waals surface area (Å²) in [6.07, 6.45) is 1.31. The number of hydrogen-bond donors (Lipinski definition) is 0. The van der Waals surface area contributed by atoms with Crippen LogP contribution >= 0.6 is 15.9 Å². The van der Waals surface area contributed by atoms with Crippen molar-refractivity contribution >= 4 is 21.6 Å². The van der Waals surface area contributed by atoms with E-state index in [1.165, 1.54) is 17.7 Å². The molecule has 0 bridgehead atoms. The predicted molar refractivity (Wildman–Crippen MR) is 107 cm³/mol. The topological polar surface area (TPSA) is 15.7 Å². The van der Waals surface area contributed by atoms with Gasteiger partial charge in [-0.15, -0.1) is 0 Å². The molecule has 1 heterocycles. The van der Waals surface area contributed by atoms with Crippen molar-refractivity contribution in [2.45, 2.75) is 31.3 Å². The van der Waals surface area contributed by atoms with Gasteiger partial charge in [0.05, 0.1) is 11.6 Å². The summed E-state index contributed by atoms with van der Waals surface area (Å²) in [4.78, 5) is 5.19. The van der Waals surface area contributed by atoms with Crippen LogP contribution in [0.5, 0.6) is 5.75 Å². The summed E-state index contributed by atoms with van der Waals surface area (Å²) in [7, 11) is 1.72. The van der Waals surface area contributed by atoms with Crippen LogP contribution in [0.4, 0.5) is 5.69 Å². The van der Waals surface area contributed by atoms with Gasteiger partial charge in [0.25, 0.3) is 0 Å². The van der Waals surface area contributed by atoms with Gasteiger partial charge in [-0.25, -0.2) is 0 Å². The molecule has 0 N–H and O–H groups in total. The van der Waals surface area contributed by atoms with Crippen molar-refractivity contribution in [3.63, 3.8) is 0 Å². The molecule has 0 radical (unpaired) electrons. The molecule has 4 rings (SSSR count). The van der Waals surface area contributed by atoms with E-state index in [4.69, 9.17) is 4.74 Å². The number of methoxy groups -OCH3 is 1. The van der Waals surface area contributed by atoms with Crippen molar-refractivity contribution in [3.8, 4) is 5.75 Å². The Morgan fingerprint density at radius 2 is 1.88 bits per heavy atom. The second-order valence-electron chi connectivity index (χ2n) is 7.18. The SMILES string of the molecule is COc1cc(N2CCN(C3CC3c3ccccc3)CC2C)ccc1Br. The molecule has 1 saturated carbocycles. The van der Waals surface area contributed by atoms with Crippen LogP contribution in [0.15, 0.2) is 53.0 Å². The summed E-state index contributed by atoms with van der Waals surface area (Å²) in [6.45, 7) is 5.67. The van der Waals surface area contributed by atoms with Crippen LogP contribution in [0.25, 0.3) is 0 Å². The number of ether oxygens (including phenoxy) is 1. The Kier molecular flexibility index (Phi) is 4.74. The number of piperazine rings is 1. The van der Waals surface area contributed by atoms with Crippen LogP contribution in [0.3, 0.4) is 0 Å².